The maximum absolute atomic E-state index is 11.0. The normalized spacial score (nSPS) is 11.7. The zero-order chi connectivity index (χ0) is 10.9. The largest absolute Gasteiger partial charge is 0.294 e. The first-order valence-electron chi connectivity index (χ1n) is 4.44. The molecule has 14 heavy (non-hydrogen) atoms. The number of hydrogen-bond acceptors (Lipinski definition) is 2. The predicted octanol–water partition coefficient (Wildman–Crippen LogP) is 2.11. The molecule has 0 aliphatic heterocycles. The Morgan fingerprint density at radius 2 is 1.71 bits per heavy atom. The van der Waals surface area contributed by atoms with Crippen LogP contribution in [0.5, 0.6) is 0 Å². The molecule has 0 unspecified atom stereocenters. The van der Waals surface area contributed by atoms with Gasteiger partial charge in [-0.05, 0) is 43.0 Å². The minimum absolute atomic E-state index is 0.0306. The predicted molar refractivity (Wildman–Crippen MR) is 55.1 cm³/mol. The van der Waals surface area contributed by atoms with Crippen molar-refractivity contribution in [2.75, 3.05) is 0 Å². The van der Waals surface area contributed by atoms with E-state index in [-0.39, 0.29) is 4.90 Å². The number of benzene rings is 1. The summed E-state index contributed by atoms with van der Waals surface area (Å²) in [5.41, 5.74) is 2.57. The lowest BCUT2D eigenvalue weighted by Crippen LogP contribution is -2.04. The molecule has 1 N–H and O–H groups in total. The van der Waals surface area contributed by atoms with Crippen molar-refractivity contribution in [2.45, 2.75) is 32.1 Å². The van der Waals surface area contributed by atoms with E-state index in [4.69, 9.17) is 4.55 Å². The molecule has 0 bridgehead atoms. The van der Waals surface area contributed by atoms with E-state index in [2.05, 4.69) is 0 Å². The monoisotopic (exact) mass is 214 g/mol. The summed E-state index contributed by atoms with van der Waals surface area (Å²) < 4.78 is 31.1. The quantitative estimate of drug-likeness (QED) is 0.767. The lowest BCUT2D eigenvalue weighted by Gasteiger charge is -2.08. The third-order valence-corrected chi connectivity index (χ3v) is 3.27. The number of rotatable bonds is 2. The highest BCUT2D eigenvalue weighted by molar-refractivity contribution is 7.85. The Bertz CT molecular complexity index is 447. The van der Waals surface area contributed by atoms with E-state index in [0.29, 0.717) is 12.0 Å². The van der Waals surface area contributed by atoms with Gasteiger partial charge in [-0.1, -0.05) is 13.0 Å². The van der Waals surface area contributed by atoms with Crippen LogP contribution >= 0.6 is 0 Å². The average Bonchev–Trinajstić information content (AvgIpc) is 2.07. The van der Waals surface area contributed by atoms with Crippen LogP contribution in [0, 0.1) is 13.8 Å². The molecule has 78 valence electrons. The zero-order valence-electron chi connectivity index (χ0n) is 8.53. The summed E-state index contributed by atoms with van der Waals surface area (Å²) in [6.45, 7) is 5.60. The SMILES string of the molecule is CCc1cc(C)c(C)cc1S(=O)(=O)O. The van der Waals surface area contributed by atoms with Gasteiger partial charge in [-0.15, -0.1) is 0 Å². The summed E-state index contributed by atoms with van der Waals surface area (Å²) in [5.74, 6) is 0. The zero-order valence-corrected chi connectivity index (χ0v) is 9.35. The van der Waals surface area contributed by atoms with Gasteiger partial charge < -0.3 is 0 Å². The van der Waals surface area contributed by atoms with Crippen LogP contribution in [0.25, 0.3) is 0 Å². The van der Waals surface area contributed by atoms with Crippen LogP contribution in [0.4, 0.5) is 0 Å². The second-order valence-electron chi connectivity index (χ2n) is 3.37. The fourth-order valence-electron chi connectivity index (χ4n) is 1.37. The molecule has 1 aromatic rings. The van der Waals surface area contributed by atoms with E-state index in [9.17, 15) is 8.42 Å². The van der Waals surface area contributed by atoms with Crippen LogP contribution in [0.15, 0.2) is 17.0 Å². The fourth-order valence-corrected chi connectivity index (χ4v) is 2.23. The summed E-state index contributed by atoms with van der Waals surface area (Å²) >= 11 is 0. The Balaban J connectivity index is 3.51. The minimum Gasteiger partial charge on any atom is -0.282 e. The molecule has 3 nitrogen and oxygen atoms in total. The summed E-state index contributed by atoms with van der Waals surface area (Å²) in [5, 5.41) is 0. The lowest BCUT2D eigenvalue weighted by atomic mass is 10.0. The third-order valence-electron chi connectivity index (χ3n) is 2.34. The van der Waals surface area contributed by atoms with Gasteiger partial charge in [0.15, 0.2) is 0 Å². The van der Waals surface area contributed by atoms with Gasteiger partial charge in [0.25, 0.3) is 10.1 Å². The Morgan fingerprint density at radius 1 is 1.21 bits per heavy atom. The van der Waals surface area contributed by atoms with Crippen LogP contribution in [0.1, 0.15) is 23.6 Å². The van der Waals surface area contributed by atoms with Crippen LogP contribution < -0.4 is 0 Å². The van der Waals surface area contributed by atoms with E-state index in [0.717, 1.165) is 11.1 Å². The highest BCUT2D eigenvalue weighted by atomic mass is 32.2. The van der Waals surface area contributed by atoms with Crippen molar-refractivity contribution in [1.29, 1.82) is 0 Å². The first-order chi connectivity index (χ1) is 6.36. The number of aryl methyl sites for hydroxylation is 3. The second-order valence-corrected chi connectivity index (χ2v) is 4.76. The maximum Gasteiger partial charge on any atom is 0.294 e. The molecule has 0 atom stereocenters. The van der Waals surface area contributed by atoms with E-state index in [1.807, 2.05) is 20.8 Å². The molecular weight excluding hydrogens is 200 g/mol. The highest BCUT2D eigenvalue weighted by Crippen LogP contribution is 2.20. The van der Waals surface area contributed by atoms with Crippen LogP contribution in [0.3, 0.4) is 0 Å². The third kappa shape index (κ3) is 2.13. The van der Waals surface area contributed by atoms with Gasteiger partial charge in [-0.3, -0.25) is 4.55 Å². The molecule has 1 aromatic carbocycles. The van der Waals surface area contributed by atoms with Crippen LogP contribution in [-0.2, 0) is 16.5 Å². The summed E-state index contributed by atoms with van der Waals surface area (Å²) in [6.07, 6.45) is 0.593. The van der Waals surface area contributed by atoms with E-state index >= 15 is 0 Å². The van der Waals surface area contributed by atoms with E-state index in [1.165, 1.54) is 6.07 Å². The van der Waals surface area contributed by atoms with Gasteiger partial charge in [0, 0.05) is 0 Å². The molecule has 0 saturated carbocycles. The molecule has 4 heteroatoms. The number of hydrogen-bond donors (Lipinski definition) is 1. The molecule has 0 amide bonds. The van der Waals surface area contributed by atoms with Crippen molar-refractivity contribution < 1.29 is 13.0 Å². The lowest BCUT2D eigenvalue weighted by molar-refractivity contribution is 0.482. The Hall–Kier alpha value is -0.870. The van der Waals surface area contributed by atoms with Crippen molar-refractivity contribution in [2.24, 2.45) is 0 Å². The van der Waals surface area contributed by atoms with Gasteiger partial charge in [0.2, 0.25) is 0 Å². The molecule has 1 rings (SSSR count). The molecule has 0 spiro atoms. The molecule has 0 heterocycles. The molecule has 0 fully saturated rings. The molecule has 0 radical (unpaired) electrons. The highest BCUT2D eigenvalue weighted by Gasteiger charge is 2.15. The Kier molecular flexibility index (Phi) is 2.97. The summed E-state index contributed by atoms with van der Waals surface area (Å²) in [4.78, 5) is 0.0306. The van der Waals surface area contributed by atoms with Crippen molar-refractivity contribution in [3.05, 3.63) is 28.8 Å². The first-order valence-corrected chi connectivity index (χ1v) is 5.88. The standard InChI is InChI=1S/C10H14O3S/c1-4-9-5-7(2)8(3)6-10(9)14(11,12)13/h5-6H,4H2,1-3H3,(H,11,12,13). The van der Waals surface area contributed by atoms with Crippen molar-refractivity contribution in [1.82, 2.24) is 0 Å². The van der Waals surface area contributed by atoms with Crippen LogP contribution in [0.2, 0.25) is 0 Å². The Labute approximate surface area is 84.5 Å². The van der Waals surface area contributed by atoms with Gasteiger partial charge in [0.05, 0.1) is 4.90 Å². The van der Waals surface area contributed by atoms with Gasteiger partial charge >= 0.3 is 0 Å². The van der Waals surface area contributed by atoms with Gasteiger partial charge in [0.1, 0.15) is 0 Å². The van der Waals surface area contributed by atoms with Crippen molar-refractivity contribution in [3.8, 4) is 0 Å². The smallest absolute Gasteiger partial charge is 0.282 e. The maximum atomic E-state index is 11.0. The molecule has 0 aliphatic carbocycles. The summed E-state index contributed by atoms with van der Waals surface area (Å²) in [6, 6.07) is 3.32. The average molecular weight is 214 g/mol. The first kappa shape index (κ1) is 11.2. The van der Waals surface area contributed by atoms with Crippen molar-refractivity contribution in [3.63, 3.8) is 0 Å². The van der Waals surface area contributed by atoms with Gasteiger partial charge in [-0.25, -0.2) is 0 Å². The van der Waals surface area contributed by atoms with E-state index in [1.54, 1.807) is 6.07 Å². The Morgan fingerprint density at radius 3 is 2.14 bits per heavy atom. The molecule has 0 aromatic heterocycles. The summed E-state index contributed by atoms with van der Waals surface area (Å²) in [7, 11) is -4.08. The molecule has 0 saturated heterocycles. The van der Waals surface area contributed by atoms with Gasteiger partial charge in [-0.2, -0.15) is 8.42 Å². The molecular formula is C10H14O3S. The fraction of sp³-hybridized carbons (Fsp3) is 0.400. The van der Waals surface area contributed by atoms with Crippen LogP contribution in [-0.4, -0.2) is 13.0 Å². The molecule has 0 aliphatic rings. The topological polar surface area (TPSA) is 54.4 Å². The van der Waals surface area contributed by atoms with E-state index < -0.39 is 10.1 Å². The second kappa shape index (κ2) is 3.71. The minimum atomic E-state index is -4.08. The van der Waals surface area contributed by atoms with Crippen molar-refractivity contribution >= 4 is 10.1 Å².